The Morgan fingerprint density at radius 3 is 3.00 bits per heavy atom. The molecule has 2 heterocycles. The monoisotopic (exact) mass is 257 g/mol. The van der Waals surface area contributed by atoms with E-state index in [1.165, 1.54) is 10.2 Å². The van der Waals surface area contributed by atoms with Crippen molar-refractivity contribution < 1.29 is 4.79 Å². The largest absolute Gasteiger partial charge is 0.325 e. The minimum absolute atomic E-state index is 0.0263. The van der Waals surface area contributed by atoms with E-state index in [1.807, 2.05) is 18.2 Å². The lowest BCUT2D eigenvalue weighted by atomic mass is 10.2. The molecule has 1 aliphatic rings. The van der Waals surface area contributed by atoms with E-state index in [4.69, 9.17) is 5.73 Å². The van der Waals surface area contributed by atoms with Gasteiger partial charge in [0.1, 0.15) is 6.54 Å². The highest BCUT2D eigenvalue weighted by molar-refractivity contribution is 5.95. The summed E-state index contributed by atoms with van der Waals surface area (Å²) in [5.74, 6) is 0.0263. The smallest absolute Gasteiger partial charge is 0.248 e. The highest BCUT2D eigenvalue weighted by atomic mass is 16.2. The number of hydrogen-bond acceptors (Lipinski definition) is 4. The van der Waals surface area contributed by atoms with Crippen molar-refractivity contribution in [2.24, 2.45) is 5.73 Å². The predicted molar refractivity (Wildman–Crippen MR) is 70.4 cm³/mol. The van der Waals surface area contributed by atoms with Gasteiger partial charge in [0, 0.05) is 18.8 Å². The van der Waals surface area contributed by atoms with Crippen LogP contribution in [0.25, 0.3) is 0 Å². The summed E-state index contributed by atoms with van der Waals surface area (Å²) in [6.07, 6.45) is 2.62. The number of carbonyl (C=O) groups excluding carboxylic acids is 1. The average Bonchev–Trinajstić information content (AvgIpc) is 3.04. The van der Waals surface area contributed by atoms with Gasteiger partial charge in [-0.3, -0.25) is 4.79 Å². The van der Waals surface area contributed by atoms with Gasteiger partial charge in [-0.15, -0.1) is 5.10 Å². The molecule has 3 rings (SSSR count). The number of carbonyl (C=O) groups is 1. The first-order valence-corrected chi connectivity index (χ1v) is 6.25. The van der Waals surface area contributed by atoms with Gasteiger partial charge < -0.3 is 10.6 Å². The SMILES string of the molecule is NCc1cn(CC(=O)N2CCc3ccccc32)nn1. The molecule has 1 aromatic carbocycles. The van der Waals surface area contributed by atoms with E-state index in [0.717, 1.165) is 18.7 Å². The zero-order valence-corrected chi connectivity index (χ0v) is 10.5. The number of hydrogen-bond donors (Lipinski definition) is 1. The summed E-state index contributed by atoms with van der Waals surface area (Å²) in [5.41, 5.74) is 8.38. The summed E-state index contributed by atoms with van der Waals surface area (Å²) >= 11 is 0. The molecule has 1 amide bonds. The first kappa shape index (κ1) is 11.9. The third-order valence-electron chi connectivity index (χ3n) is 3.28. The van der Waals surface area contributed by atoms with Crippen LogP contribution in [0.4, 0.5) is 5.69 Å². The van der Waals surface area contributed by atoms with E-state index in [9.17, 15) is 4.79 Å². The van der Waals surface area contributed by atoms with Crippen molar-refractivity contribution in [1.82, 2.24) is 15.0 Å². The van der Waals surface area contributed by atoms with E-state index >= 15 is 0 Å². The first-order chi connectivity index (χ1) is 9.28. The second-order valence-electron chi connectivity index (χ2n) is 4.54. The Balaban J connectivity index is 1.75. The molecule has 0 unspecified atom stereocenters. The van der Waals surface area contributed by atoms with Crippen LogP contribution in [-0.4, -0.2) is 27.4 Å². The third-order valence-corrected chi connectivity index (χ3v) is 3.28. The fraction of sp³-hybridized carbons (Fsp3) is 0.308. The highest BCUT2D eigenvalue weighted by Crippen LogP contribution is 2.27. The van der Waals surface area contributed by atoms with Gasteiger partial charge in [-0.25, -0.2) is 4.68 Å². The maximum atomic E-state index is 12.3. The summed E-state index contributed by atoms with van der Waals surface area (Å²) in [6, 6.07) is 7.99. The van der Waals surface area contributed by atoms with E-state index in [0.29, 0.717) is 12.2 Å². The fourth-order valence-corrected chi connectivity index (χ4v) is 2.33. The average molecular weight is 257 g/mol. The van der Waals surface area contributed by atoms with Crippen LogP contribution in [0.5, 0.6) is 0 Å². The quantitative estimate of drug-likeness (QED) is 0.859. The van der Waals surface area contributed by atoms with Crippen molar-refractivity contribution >= 4 is 11.6 Å². The summed E-state index contributed by atoms with van der Waals surface area (Å²) in [4.78, 5) is 14.1. The predicted octanol–water partition coefficient (Wildman–Crippen LogP) is 0.326. The molecule has 2 N–H and O–H groups in total. The Morgan fingerprint density at radius 2 is 2.21 bits per heavy atom. The molecule has 19 heavy (non-hydrogen) atoms. The molecule has 0 fully saturated rings. The molecule has 98 valence electrons. The van der Waals surface area contributed by atoms with Gasteiger partial charge in [-0.2, -0.15) is 0 Å². The molecule has 0 aliphatic carbocycles. The first-order valence-electron chi connectivity index (χ1n) is 6.25. The van der Waals surface area contributed by atoms with Crippen LogP contribution < -0.4 is 10.6 Å². The van der Waals surface area contributed by atoms with Crippen molar-refractivity contribution in [3.63, 3.8) is 0 Å². The Bertz CT molecular complexity index is 607. The number of fused-ring (bicyclic) bond motifs is 1. The second kappa shape index (κ2) is 4.81. The van der Waals surface area contributed by atoms with Crippen LogP contribution in [-0.2, 0) is 24.3 Å². The number of benzene rings is 1. The molecule has 0 atom stereocenters. The van der Waals surface area contributed by atoms with Crippen molar-refractivity contribution in [2.45, 2.75) is 19.5 Å². The summed E-state index contributed by atoms with van der Waals surface area (Å²) in [7, 11) is 0. The minimum Gasteiger partial charge on any atom is -0.325 e. The molecule has 0 bridgehead atoms. The zero-order valence-electron chi connectivity index (χ0n) is 10.5. The molecule has 0 spiro atoms. The number of aromatic nitrogens is 3. The zero-order chi connectivity index (χ0) is 13.2. The van der Waals surface area contributed by atoms with E-state index in [1.54, 1.807) is 11.1 Å². The lowest BCUT2D eigenvalue weighted by Gasteiger charge is -2.16. The normalized spacial score (nSPS) is 13.6. The molecule has 1 aromatic heterocycles. The Kier molecular flexibility index (Phi) is 3.00. The molecule has 0 saturated carbocycles. The second-order valence-corrected chi connectivity index (χ2v) is 4.54. The minimum atomic E-state index is 0.0263. The molecular formula is C13H15N5O. The Labute approximate surface area is 110 Å². The lowest BCUT2D eigenvalue weighted by Crippen LogP contribution is -2.32. The van der Waals surface area contributed by atoms with Gasteiger partial charge in [0.25, 0.3) is 0 Å². The summed E-state index contributed by atoms with van der Waals surface area (Å²) in [6.45, 7) is 1.26. The van der Waals surface area contributed by atoms with Gasteiger partial charge in [0.05, 0.1) is 11.9 Å². The number of anilines is 1. The van der Waals surface area contributed by atoms with Crippen LogP contribution in [0.1, 0.15) is 11.3 Å². The summed E-state index contributed by atoms with van der Waals surface area (Å²) < 4.78 is 1.53. The number of amides is 1. The van der Waals surface area contributed by atoms with Crippen molar-refractivity contribution in [2.75, 3.05) is 11.4 Å². The molecule has 0 radical (unpaired) electrons. The maximum absolute atomic E-state index is 12.3. The molecule has 6 heteroatoms. The lowest BCUT2D eigenvalue weighted by molar-refractivity contribution is -0.119. The number of para-hydroxylation sites is 1. The molecule has 2 aromatic rings. The standard InChI is InChI=1S/C13H15N5O/c14-7-11-8-17(16-15-11)9-13(19)18-6-5-10-3-1-2-4-12(10)18/h1-4,8H,5-7,9,14H2. The van der Waals surface area contributed by atoms with Gasteiger partial charge in [-0.1, -0.05) is 23.4 Å². The van der Waals surface area contributed by atoms with Crippen molar-refractivity contribution in [3.8, 4) is 0 Å². The van der Waals surface area contributed by atoms with Crippen LogP contribution >= 0.6 is 0 Å². The third kappa shape index (κ3) is 2.22. The Hall–Kier alpha value is -2.21. The Morgan fingerprint density at radius 1 is 1.37 bits per heavy atom. The van der Waals surface area contributed by atoms with Crippen LogP contribution in [0.2, 0.25) is 0 Å². The van der Waals surface area contributed by atoms with Gasteiger partial charge in [-0.05, 0) is 18.1 Å². The van der Waals surface area contributed by atoms with E-state index in [2.05, 4.69) is 16.4 Å². The number of nitrogens with two attached hydrogens (primary N) is 1. The number of nitrogens with zero attached hydrogens (tertiary/aromatic N) is 4. The topological polar surface area (TPSA) is 77.0 Å². The van der Waals surface area contributed by atoms with E-state index < -0.39 is 0 Å². The molecule has 6 nitrogen and oxygen atoms in total. The van der Waals surface area contributed by atoms with Crippen LogP contribution in [0.3, 0.4) is 0 Å². The molecule has 0 saturated heterocycles. The van der Waals surface area contributed by atoms with Gasteiger partial charge in [0.15, 0.2) is 0 Å². The highest BCUT2D eigenvalue weighted by Gasteiger charge is 2.24. The maximum Gasteiger partial charge on any atom is 0.248 e. The molecule has 1 aliphatic heterocycles. The van der Waals surface area contributed by atoms with Crippen LogP contribution in [0.15, 0.2) is 30.5 Å². The van der Waals surface area contributed by atoms with E-state index in [-0.39, 0.29) is 12.5 Å². The van der Waals surface area contributed by atoms with Crippen LogP contribution in [0, 0.1) is 0 Å². The molecular weight excluding hydrogens is 242 g/mol. The van der Waals surface area contributed by atoms with Gasteiger partial charge >= 0.3 is 0 Å². The van der Waals surface area contributed by atoms with Crippen molar-refractivity contribution in [1.29, 1.82) is 0 Å². The van der Waals surface area contributed by atoms with Gasteiger partial charge in [0.2, 0.25) is 5.91 Å². The fourth-order valence-electron chi connectivity index (χ4n) is 2.33. The van der Waals surface area contributed by atoms with Crippen molar-refractivity contribution in [3.05, 3.63) is 41.7 Å². The summed E-state index contributed by atoms with van der Waals surface area (Å²) in [5, 5.41) is 7.77. The number of rotatable bonds is 3.